The summed E-state index contributed by atoms with van der Waals surface area (Å²) in [5, 5.41) is 14.1. The largest absolute Gasteiger partial charge is 0.368 e. The third-order valence-corrected chi connectivity index (χ3v) is 5.22. The summed E-state index contributed by atoms with van der Waals surface area (Å²) < 4.78 is 0. The van der Waals surface area contributed by atoms with Crippen molar-refractivity contribution in [3.05, 3.63) is 75.6 Å². The number of aryl methyl sites for hydroxylation is 1. The van der Waals surface area contributed by atoms with Gasteiger partial charge in [-0.1, -0.05) is 29.8 Å². The van der Waals surface area contributed by atoms with Gasteiger partial charge in [0.15, 0.2) is 0 Å². The van der Waals surface area contributed by atoms with Crippen molar-refractivity contribution in [3.63, 3.8) is 0 Å². The molecule has 144 valence electrons. The lowest BCUT2D eigenvalue weighted by Gasteiger charge is -2.12. The Balaban J connectivity index is 1.68. The lowest BCUT2D eigenvalue weighted by molar-refractivity contribution is -0.384. The molecule has 0 saturated carbocycles. The van der Waals surface area contributed by atoms with Crippen LogP contribution in [0.4, 0.5) is 23.3 Å². The van der Waals surface area contributed by atoms with Crippen LogP contribution in [0.2, 0.25) is 0 Å². The highest BCUT2D eigenvalue weighted by molar-refractivity contribution is 7.98. The van der Waals surface area contributed by atoms with Crippen molar-refractivity contribution >= 4 is 35.0 Å². The summed E-state index contributed by atoms with van der Waals surface area (Å²) in [6, 6.07) is 14.5. The van der Waals surface area contributed by atoms with Gasteiger partial charge >= 0.3 is 0 Å². The number of nitro benzene ring substituents is 1. The highest BCUT2D eigenvalue weighted by Gasteiger charge is 2.13. The Labute approximate surface area is 166 Å². The molecule has 0 radical (unpaired) electrons. The summed E-state index contributed by atoms with van der Waals surface area (Å²) >= 11 is 1.57. The number of hydrogen-bond acceptors (Lipinski definition) is 8. The van der Waals surface area contributed by atoms with Gasteiger partial charge in [0.1, 0.15) is 5.82 Å². The van der Waals surface area contributed by atoms with E-state index in [-0.39, 0.29) is 16.9 Å². The highest BCUT2D eigenvalue weighted by atomic mass is 32.2. The van der Waals surface area contributed by atoms with Gasteiger partial charge in [0.25, 0.3) is 5.69 Å². The molecule has 1 heterocycles. The predicted octanol–water partition coefficient (Wildman–Crippen LogP) is 4.41. The zero-order chi connectivity index (χ0) is 20.1. The maximum absolute atomic E-state index is 10.9. The molecule has 28 heavy (non-hydrogen) atoms. The number of nitrogens with one attached hydrogen (secondary N) is 1. The van der Waals surface area contributed by atoms with Crippen LogP contribution in [-0.4, -0.2) is 19.9 Å². The van der Waals surface area contributed by atoms with E-state index < -0.39 is 4.92 Å². The lowest BCUT2D eigenvalue weighted by Crippen LogP contribution is -2.07. The number of nitrogens with two attached hydrogens (primary N) is 1. The second-order valence-corrected chi connectivity index (χ2v) is 7.56. The molecule has 1 atom stereocenters. The second kappa shape index (κ2) is 8.66. The molecule has 0 amide bonds. The van der Waals surface area contributed by atoms with Gasteiger partial charge in [-0.05, 0) is 31.5 Å². The molecule has 0 aliphatic heterocycles. The average molecular weight is 396 g/mol. The van der Waals surface area contributed by atoms with E-state index in [1.165, 1.54) is 6.07 Å². The molecule has 9 heteroatoms. The van der Waals surface area contributed by atoms with Gasteiger partial charge in [0, 0.05) is 23.1 Å². The minimum absolute atomic E-state index is 0.0337. The second-order valence-electron chi connectivity index (χ2n) is 6.23. The molecule has 3 aromatic rings. The Bertz CT molecular complexity index is 980. The number of rotatable bonds is 7. The van der Waals surface area contributed by atoms with E-state index in [0.717, 1.165) is 16.8 Å². The molecule has 0 spiro atoms. The average Bonchev–Trinajstić information content (AvgIpc) is 2.67. The van der Waals surface area contributed by atoms with E-state index in [1.54, 1.807) is 23.9 Å². The summed E-state index contributed by atoms with van der Waals surface area (Å²) in [5.41, 5.74) is 8.80. The Kier molecular flexibility index (Phi) is 6.05. The smallest absolute Gasteiger partial charge is 0.269 e. The number of nitro groups is 1. The van der Waals surface area contributed by atoms with Gasteiger partial charge < -0.3 is 11.1 Å². The molecule has 8 nitrogen and oxygen atoms in total. The first-order valence-electron chi connectivity index (χ1n) is 8.61. The molecule has 0 saturated heterocycles. The number of nitrogens with zero attached hydrogens (tertiary/aromatic N) is 4. The first-order chi connectivity index (χ1) is 13.4. The van der Waals surface area contributed by atoms with Gasteiger partial charge in [-0.15, -0.1) is 11.8 Å². The van der Waals surface area contributed by atoms with E-state index >= 15 is 0 Å². The van der Waals surface area contributed by atoms with Gasteiger partial charge in [0.05, 0.1) is 10.7 Å². The van der Waals surface area contributed by atoms with Crippen molar-refractivity contribution < 1.29 is 4.92 Å². The number of non-ortho nitro benzene ring substituents is 1. The molecule has 3 rings (SSSR count). The fourth-order valence-electron chi connectivity index (χ4n) is 2.51. The molecule has 1 aromatic heterocycles. The molecule has 0 aliphatic carbocycles. The first-order valence-corrected chi connectivity index (χ1v) is 9.65. The number of nitrogen functional groups attached to an aromatic ring is 1. The fourth-order valence-corrected chi connectivity index (χ4v) is 3.38. The monoisotopic (exact) mass is 396 g/mol. The molecule has 0 aliphatic rings. The predicted molar refractivity (Wildman–Crippen MR) is 112 cm³/mol. The molecule has 3 N–H and O–H groups in total. The third-order valence-electron chi connectivity index (χ3n) is 4.02. The van der Waals surface area contributed by atoms with Gasteiger partial charge in [-0.2, -0.15) is 15.0 Å². The van der Waals surface area contributed by atoms with E-state index in [0.29, 0.717) is 17.5 Å². The Morgan fingerprint density at radius 3 is 2.64 bits per heavy atom. The summed E-state index contributed by atoms with van der Waals surface area (Å²) in [6.45, 7) is 4.00. The summed E-state index contributed by atoms with van der Waals surface area (Å²) in [7, 11) is 0. The molecule has 0 unspecified atom stereocenters. The number of anilines is 3. The van der Waals surface area contributed by atoms with Crippen LogP contribution in [0.3, 0.4) is 0 Å². The van der Waals surface area contributed by atoms with Crippen LogP contribution in [0, 0.1) is 17.0 Å². The van der Waals surface area contributed by atoms with Gasteiger partial charge in [-0.3, -0.25) is 10.1 Å². The molecule has 0 fully saturated rings. The zero-order valence-corrected chi connectivity index (χ0v) is 16.3. The van der Waals surface area contributed by atoms with E-state index in [4.69, 9.17) is 5.73 Å². The SMILES string of the molecule is Cc1ccc(Nc2nc(N)nc(CS[C@H](C)c3cccc([N+](=O)[O-])c3)n2)cc1. The number of aromatic nitrogens is 3. The van der Waals surface area contributed by atoms with E-state index in [9.17, 15) is 10.1 Å². The van der Waals surface area contributed by atoms with Crippen LogP contribution < -0.4 is 11.1 Å². The maximum Gasteiger partial charge on any atom is 0.269 e. The number of benzene rings is 2. The van der Waals surface area contributed by atoms with E-state index in [1.807, 2.05) is 44.2 Å². The zero-order valence-electron chi connectivity index (χ0n) is 15.5. The van der Waals surface area contributed by atoms with Crippen molar-refractivity contribution in [2.45, 2.75) is 24.9 Å². The minimum Gasteiger partial charge on any atom is -0.368 e. The Morgan fingerprint density at radius 1 is 1.18 bits per heavy atom. The maximum atomic E-state index is 10.9. The first kappa shape index (κ1) is 19.6. The standard InChI is InChI=1S/C19H20N6O2S/c1-12-6-8-15(9-7-12)21-19-23-17(22-18(20)24-19)11-28-13(2)14-4-3-5-16(10-14)25(26)27/h3-10,13H,11H2,1-2H3,(H3,20,21,22,23,24)/t13-/m1/s1. The molecular formula is C19H20N6O2S. The van der Waals surface area contributed by atoms with Crippen molar-refractivity contribution in [1.82, 2.24) is 15.0 Å². The Hall–Kier alpha value is -3.20. The van der Waals surface area contributed by atoms with Crippen molar-refractivity contribution in [2.75, 3.05) is 11.1 Å². The normalized spacial score (nSPS) is 11.8. The van der Waals surface area contributed by atoms with Crippen LogP contribution in [0.1, 0.15) is 29.1 Å². The van der Waals surface area contributed by atoms with Crippen molar-refractivity contribution in [3.8, 4) is 0 Å². The summed E-state index contributed by atoms with van der Waals surface area (Å²) in [4.78, 5) is 23.3. The van der Waals surface area contributed by atoms with Crippen LogP contribution >= 0.6 is 11.8 Å². The van der Waals surface area contributed by atoms with Crippen molar-refractivity contribution in [2.24, 2.45) is 0 Å². The van der Waals surface area contributed by atoms with Crippen LogP contribution in [-0.2, 0) is 5.75 Å². The topological polar surface area (TPSA) is 120 Å². The molecule has 2 aromatic carbocycles. The lowest BCUT2D eigenvalue weighted by atomic mass is 10.1. The van der Waals surface area contributed by atoms with Crippen LogP contribution in [0.25, 0.3) is 0 Å². The van der Waals surface area contributed by atoms with Crippen LogP contribution in [0.15, 0.2) is 48.5 Å². The fraction of sp³-hybridized carbons (Fsp3) is 0.211. The number of hydrogen-bond donors (Lipinski definition) is 2. The van der Waals surface area contributed by atoms with Gasteiger partial charge in [-0.25, -0.2) is 0 Å². The molecule has 0 bridgehead atoms. The third kappa shape index (κ3) is 5.17. The summed E-state index contributed by atoms with van der Waals surface area (Å²) in [6.07, 6.45) is 0. The van der Waals surface area contributed by atoms with Crippen LogP contribution in [0.5, 0.6) is 0 Å². The quantitative estimate of drug-likeness (QED) is 0.445. The van der Waals surface area contributed by atoms with E-state index in [2.05, 4.69) is 20.3 Å². The number of thioether (sulfide) groups is 1. The minimum atomic E-state index is -0.392. The molecular weight excluding hydrogens is 376 g/mol. The van der Waals surface area contributed by atoms with Gasteiger partial charge in [0.2, 0.25) is 11.9 Å². The highest BCUT2D eigenvalue weighted by Crippen LogP contribution is 2.32. The summed E-state index contributed by atoms with van der Waals surface area (Å²) in [5.74, 6) is 1.57. The van der Waals surface area contributed by atoms with Crippen molar-refractivity contribution in [1.29, 1.82) is 0 Å². The Morgan fingerprint density at radius 2 is 1.93 bits per heavy atom.